The molecule has 1 aliphatic rings. The van der Waals surface area contributed by atoms with Gasteiger partial charge >= 0.3 is 0 Å². The fourth-order valence-corrected chi connectivity index (χ4v) is 3.05. The van der Waals surface area contributed by atoms with Gasteiger partial charge in [-0.3, -0.25) is 9.79 Å². The van der Waals surface area contributed by atoms with E-state index in [1.807, 2.05) is 37.3 Å². The third-order valence-electron chi connectivity index (χ3n) is 4.15. The first-order valence-electron chi connectivity index (χ1n) is 8.54. The molecule has 6 nitrogen and oxygen atoms in total. The first-order chi connectivity index (χ1) is 11.6. The van der Waals surface area contributed by atoms with E-state index in [1.54, 1.807) is 7.05 Å². The van der Waals surface area contributed by atoms with Crippen molar-refractivity contribution in [3.8, 4) is 5.75 Å². The summed E-state index contributed by atoms with van der Waals surface area (Å²) >= 11 is 0. The lowest BCUT2D eigenvalue weighted by atomic mass is 9.95. The van der Waals surface area contributed by atoms with Gasteiger partial charge in [0.15, 0.2) is 5.96 Å². The van der Waals surface area contributed by atoms with Crippen molar-refractivity contribution < 1.29 is 9.53 Å². The number of carbonyl (C=O) groups excluding carboxylic acids is 1. The molecule has 1 aromatic rings. The third kappa shape index (κ3) is 7.50. The molecule has 1 amide bonds. The number of hydrogen-bond donors (Lipinski definition) is 2. The molecule has 25 heavy (non-hydrogen) atoms. The van der Waals surface area contributed by atoms with E-state index < -0.39 is 0 Å². The number of guanidine groups is 1. The Labute approximate surface area is 167 Å². The summed E-state index contributed by atoms with van der Waals surface area (Å²) in [5, 5.41) is 3.37. The molecule has 140 valence electrons. The fourth-order valence-electron chi connectivity index (χ4n) is 3.05. The predicted molar refractivity (Wildman–Crippen MR) is 111 cm³/mol. The van der Waals surface area contributed by atoms with E-state index in [2.05, 4.69) is 15.2 Å². The van der Waals surface area contributed by atoms with Gasteiger partial charge < -0.3 is 20.7 Å². The van der Waals surface area contributed by atoms with E-state index in [0.717, 1.165) is 37.6 Å². The van der Waals surface area contributed by atoms with Gasteiger partial charge in [-0.2, -0.15) is 0 Å². The molecule has 1 aliphatic heterocycles. The van der Waals surface area contributed by atoms with Crippen molar-refractivity contribution in [1.82, 2.24) is 10.2 Å². The van der Waals surface area contributed by atoms with Gasteiger partial charge in [0.25, 0.3) is 0 Å². The minimum atomic E-state index is -0.227. The summed E-state index contributed by atoms with van der Waals surface area (Å²) in [6.45, 7) is 4.46. The molecule has 0 radical (unpaired) electrons. The highest BCUT2D eigenvalue weighted by Crippen LogP contribution is 2.19. The summed E-state index contributed by atoms with van der Waals surface area (Å²) in [6, 6.07) is 9.79. The van der Waals surface area contributed by atoms with Crippen LogP contribution in [0.5, 0.6) is 5.75 Å². The smallest absolute Gasteiger partial charge is 0.217 e. The maximum atomic E-state index is 11.1. The molecule has 0 saturated carbocycles. The Morgan fingerprint density at radius 3 is 2.80 bits per heavy atom. The molecule has 1 heterocycles. The maximum absolute atomic E-state index is 11.1. The van der Waals surface area contributed by atoms with Crippen LogP contribution in [0.25, 0.3) is 0 Å². The van der Waals surface area contributed by atoms with Crippen LogP contribution in [0, 0.1) is 5.92 Å². The molecule has 0 bridgehead atoms. The van der Waals surface area contributed by atoms with Crippen molar-refractivity contribution in [2.45, 2.75) is 32.3 Å². The van der Waals surface area contributed by atoms with Crippen LogP contribution in [-0.4, -0.2) is 49.6 Å². The van der Waals surface area contributed by atoms with Crippen LogP contribution in [0.2, 0.25) is 0 Å². The molecule has 1 fully saturated rings. The molecule has 2 unspecified atom stereocenters. The Balaban J connectivity index is 0.00000312. The molecule has 7 heteroatoms. The average Bonchev–Trinajstić information content (AvgIpc) is 2.56. The molecule has 2 rings (SSSR count). The number of rotatable bonds is 6. The van der Waals surface area contributed by atoms with Crippen LogP contribution in [0.15, 0.2) is 35.3 Å². The minimum Gasteiger partial charge on any atom is -0.489 e. The number of primary amides is 1. The Morgan fingerprint density at radius 1 is 1.44 bits per heavy atom. The second-order valence-corrected chi connectivity index (χ2v) is 6.29. The van der Waals surface area contributed by atoms with Crippen LogP contribution >= 0.6 is 24.0 Å². The predicted octanol–water partition coefficient (Wildman–Crippen LogP) is 2.23. The van der Waals surface area contributed by atoms with Gasteiger partial charge in [0.1, 0.15) is 11.9 Å². The van der Waals surface area contributed by atoms with Crippen molar-refractivity contribution in [2.24, 2.45) is 16.6 Å². The highest BCUT2D eigenvalue weighted by molar-refractivity contribution is 14.0. The molecular formula is C18H29IN4O2. The van der Waals surface area contributed by atoms with Crippen molar-refractivity contribution >= 4 is 35.8 Å². The summed E-state index contributed by atoms with van der Waals surface area (Å²) in [7, 11) is 1.78. The summed E-state index contributed by atoms with van der Waals surface area (Å²) in [5.41, 5.74) is 5.33. The summed E-state index contributed by atoms with van der Waals surface area (Å²) in [5.74, 6) is 1.80. The van der Waals surface area contributed by atoms with Gasteiger partial charge in [0.05, 0.1) is 6.54 Å². The number of nitrogens with zero attached hydrogens (tertiary/aromatic N) is 2. The number of hydrogen-bond acceptors (Lipinski definition) is 3. The second-order valence-electron chi connectivity index (χ2n) is 6.29. The van der Waals surface area contributed by atoms with Gasteiger partial charge in [0, 0.05) is 26.6 Å². The number of benzene rings is 1. The number of aliphatic imine (C=N–C) groups is 1. The number of para-hydroxylation sites is 1. The molecule has 1 saturated heterocycles. The van der Waals surface area contributed by atoms with E-state index in [-0.39, 0.29) is 36.0 Å². The van der Waals surface area contributed by atoms with Gasteiger partial charge in [-0.05, 0) is 37.8 Å². The average molecular weight is 460 g/mol. The molecule has 3 N–H and O–H groups in total. The second kappa shape index (κ2) is 11.2. The minimum absolute atomic E-state index is 0. The number of nitrogens with one attached hydrogen (secondary N) is 1. The van der Waals surface area contributed by atoms with E-state index in [0.29, 0.717) is 18.9 Å². The lowest BCUT2D eigenvalue weighted by Gasteiger charge is -2.35. The molecule has 1 aromatic carbocycles. The molecule has 0 aliphatic carbocycles. The SMILES string of the molecule is CN=C(NCC(C)Oc1ccccc1)N1CCCC(CC(N)=O)C1.I. The molecule has 2 atom stereocenters. The Hall–Kier alpha value is -1.51. The van der Waals surface area contributed by atoms with E-state index in [4.69, 9.17) is 10.5 Å². The number of halogens is 1. The highest BCUT2D eigenvalue weighted by atomic mass is 127. The first-order valence-corrected chi connectivity index (χ1v) is 8.54. The zero-order valence-electron chi connectivity index (χ0n) is 15.0. The van der Waals surface area contributed by atoms with Crippen molar-refractivity contribution in [2.75, 3.05) is 26.7 Å². The Bertz CT molecular complexity index is 553. The molecule has 0 aromatic heterocycles. The lowest BCUT2D eigenvalue weighted by molar-refractivity contribution is -0.119. The van der Waals surface area contributed by atoms with Crippen molar-refractivity contribution in [3.05, 3.63) is 30.3 Å². The Kier molecular flexibility index (Phi) is 9.62. The van der Waals surface area contributed by atoms with Crippen LogP contribution in [0.3, 0.4) is 0 Å². The van der Waals surface area contributed by atoms with Crippen LogP contribution in [0.1, 0.15) is 26.2 Å². The van der Waals surface area contributed by atoms with Gasteiger partial charge in [-0.25, -0.2) is 0 Å². The molecular weight excluding hydrogens is 431 g/mol. The zero-order chi connectivity index (χ0) is 17.4. The lowest BCUT2D eigenvalue weighted by Crippen LogP contribution is -2.49. The zero-order valence-corrected chi connectivity index (χ0v) is 17.3. The normalized spacial score (nSPS) is 18.9. The van der Waals surface area contributed by atoms with Crippen LogP contribution < -0.4 is 15.8 Å². The fraction of sp³-hybridized carbons (Fsp3) is 0.556. The summed E-state index contributed by atoms with van der Waals surface area (Å²) < 4.78 is 5.87. The maximum Gasteiger partial charge on any atom is 0.217 e. The largest absolute Gasteiger partial charge is 0.489 e. The number of nitrogens with two attached hydrogens (primary N) is 1. The number of ether oxygens (including phenoxy) is 1. The van der Waals surface area contributed by atoms with E-state index in [9.17, 15) is 4.79 Å². The first kappa shape index (κ1) is 21.5. The summed E-state index contributed by atoms with van der Waals surface area (Å²) in [4.78, 5) is 17.7. The third-order valence-corrected chi connectivity index (χ3v) is 4.15. The van der Waals surface area contributed by atoms with Crippen LogP contribution in [-0.2, 0) is 4.79 Å². The monoisotopic (exact) mass is 460 g/mol. The van der Waals surface area contributed by atoms with Crippen molar-refractivity contribution in [1.29, 1.82) is 0 Å². The van der Waals surface area contributed by atoms with Gasteiger partial charge in [-0.15, -0.1) is 24.0 Å². The van der Waals surface area contributed by atoms with E-state index >= 15 is 0 Å². The number of likely N-dealkylation sites (tertiary alicyclic amines) is 1. The highest BCUT2D eigenvalue weighted by Gasteiger charge is 2.23. The van der Waals surface area contributed by atoms with Gasteiger partial charge in [0.2, 0.25) is 5.91 Å². The number of piperidine rings is 1. The summed E-state index contributed by atoms with van der Waals surface area (Å²) in [6.07, 6.45) is 2.56. The Morgan fingerprint density at radius 2 is 2.16 bits per heavy atom. The van der Waals surface area contributed by atoms with Crippen molar-refractivity contribution in [3.63, 3.8) is 0 Å². The topological polar surface area (TPSA) is 80.0 Å². The quantitative estimate of drug-likeness (QED) is 0.388. The van der Waals surface area contributed by atoms with Gasteiger partial charge in [-0.1, -0.05) is 18.2 Å². The number of carbonyl (C=O) groups is 1. The molecule has 0 spiro atoms. The standard InChI is InChI=1S/C18H28N4O2.HI/c1-14(24-16-8-4-3-5-9-16)12-21-18(20-2)22-10-6-7-15(13-22)11-17(19)23;/h3-5,8-9,14-15H,6-7,10-13H2,1-2H3,(H2,19,23)(H,20,21);1H. The number of amides is 1. The van der Waals surface area contributed by atoms with Crippen LogP contribution in [0.4, 0.5) is 0 Å². The van der Waals surface area contributed by atoms with E-state index in [1.165, 1.54) is 0 Å².